The Balaban J connectivity index is 1.60. The third-order valence-corrected chi connectivity index (χ3v) is 5.79. The average Bonchev–Trinajstić information content (AvgIpc) is 3.41. The van der Waals surface area contributed by atoms with Crippen molar-refractivity contribution in [3.8, 4) is 5.75 Å². The number of furan rings is 1. The molecule has 148 valence electrons. The molecular weight excluding hydrogens is 398 g/mol. The first-order valence-corrected chi connectivity index (χ1v) is 10.2. The summed E-state index contributed by atoms with van der Waals surface area (Å²) in [7, 11) is 1.61. The van der Waals surface area contributed by atoms with Crippen molar-refractivity contribution < 1.29 is 13.9 Å². The van der Waals surface area contributed by atoms with Gasteiger partial charge < -0.3 is 9.15 Å². The molecule has 0 spiro atoms. The number of pyridine rings is 1. The van der Waals surface area contributed by atoms with Crippen molar-refractivity contribution in [2.75, 3.05) is 12.0 Å². The van der Waals surface area contributed by atoms with Crippen molar-refractivity contribution in [1.82, 2.24) is 9.97 Å². The molecule has 2 aromatic carbocycles. The lowest BCUT2D eigenvalue weighted by Crippen LogP contribution is -2.30. The molecule has 0 aliphatic heterocycles. The highest BCUT2D eigenvalue weighted by molar-refractivity contribution is 7.22. The Kier molecular flexibility index (Phi) is 4.65. The van der Waals surface area contributed by atoms with E-state index in [1.807, 2.05) is 60.7 Å². The van der Waals surface area contributed by atoms with Gasteiger partial charge in [-0.15, -0.1) is 0 Å². The Morgan fingerprint density at radius 2 is 1.97 bits per heavy atom. The zero-order valence-corrected chi connectivity index (χ0v) is 16.9. The van der Waals surface area contributed by atoms with Crippen LogP contribution in [0.4, 0.5) is 5.13 Å². The van der Waals surface area contributed by atoms with Crippen molar-refractivity contribution in [2.24, 2.45) is 0 Å². The fourth-order valence-electron chi connectivity index (χ4n) is 3.29. The predicted molar refractivity (Wildman–Crippen MR) is 117 cm³/mol. The number of hydrogen-bond acceptors (Lipinski definition) is 6. The first-order valence-electron chi connectivity index (χ1n) is 9.37. The molecule has 5 aromatic rings. The molecule has 0 radical (unpaired) electrons. The number of nitrogens with zero attached hydrogens (tertiary/aromatic N) is 3. The second kappa shape index (κ2) is 7.61. The van der Waals surface area contributed by atoms with E-state index in [0.29, 0.717) is 16.5 Å². The summed E-state index contributed by atoms with van der Waals surface area (Å²) in [6, 6.07) is 20.7. The fraction of sp³-hybridized carbons (Fsp3) is 0.0870. The number of thiazole rings is 1. The van der Waals surface area contributed by atoms with Crippen molar-refractivity contribution in [1.29, 1.82) is 0 Å². The molecule has 0 fully saturated rings. The summed E-state index contributed by atoms with van der Waals surface area (Å²) in [4.78, 5) is 24.2. The molecule has 0 unspecified atom stereocenters. The van der Waals surface area contributed by atoms with E-state index in [2.05, 4.69) is 4.98 Å². The van der Waals surface area contributed by atoms with Gasteiger partial charge in [0.05, 0.1) is 24.0 Å². The molecule has 0 aliphatic carbocycles. The molecule has 0 atom stereocenters. The van der Waals surface area contributed by atoms with Gasteiger partial charge in [0, 0.05) is 11.6 Å². The van der Waals surface area contributed by atoms with Crippen LogP contribution in [0.25, 0.3) is 21.2 Å². The van der Waals surface area contributed by atoms with Gasteiger partial charge in [-0.25, -0.2) is 4.98 Å². The molecule has 0 saturated carbocycles. The highest BCUT2D eigenvalue weighted by atomic mass is 32.1. The van der Waals surface area contributed by atoms with E-state index in [4.69, 9.17) is 14.1 Å². The number of methoxy groups -OCH3 is 1. The number of anilines is 1. The van der Waals surface area contributed by atoms with Gasteiger partial charge in [-0.05, 0) is 36.4 Å². The van der Waals surface area contributed by atoms with Gasteiger partial charge >= 0.3 is 0 Å². The van der Waals surface area contributed by atoms with Crippen LogP contribution in [0, 0.1) is 0 Å². The van der Waals surface area contributed by atoms with E-state index in [9.17, 15) is 4.79 Å². The standard InChI is InChI=1S/C23H17N3O3S/c1-28-18-10-6-11-20-21(18)25-23(30-20)26(14-16-8-4-5-12-24-16)22(27)19-13-15-7-2-3-9-17(15)29-19/h2-13H,14H2,1H3. The van der Waals surface area contributed by atoms with Crippen LogP contribution in [-0.4, -0.2) is 23.0 Å². The zero-order chi connectivity index (χ0) is 20.5. The monoisotopic (exact) mass is 415 g/mol. The number of benzene rings is 2. The van der Waals surface area contributed by atoms with Gasteiger partial charge in [0.25, 0.3) is 5.91 Å². The molecule has 5 rings (SSSR count). The summed E-state index contributed by atoms with van der Waals surface area (Å²) in [5.74, 6) is 0.664. The largest absolute Gasteiger partial charge is 0.494 e. The van der Waals surface area contributed by atoms with Crippen molar-refractivity contribution in [2.45, 2.75) is 6.54 Å². The molecule has 0 aliphatic rings. The minimum absolute atomic E-state index is 0.262. The van der Waals surface area contributed by atoms with Crippen LogP contribution in [0.5, 0.6) is 5.75 Å². The van der Waals surface area contributed by atoms with Crippen molar-refractivity contribution in [3.05, 3.63) is 84.4 Å². The second-order valence-corrected chi connectivity index (χ2v) is 7.67. The lowest BCUT2D eigenvalue weighted by Gasteiger charge is -2.18. The third kappa shape index (κ3) is 3.29. The number of aromatic nitrogens is 2. The highest BCUT2D eigenvalue weighted by Gasteiger charge is 2.25. The van der Waals surface area contributed by atoms with Gasteiger partial charge in [-0.2, -0.15) is 0 Å². The number of hydrogen-bond donors (Lipinski definition) is 0. The van der Waals surface area contributed by atoms with Gasteiger partial charge in [0.1, 0.15) is 16.8 Å². The van der Waals surface area contributed by atoms with Crippen LogP contribution >= 0.6 is 11.3 Å². The fourth-order valence-corrected chi connectivity index (χ4v) is 4.27. The average molecular weight is 415 g/mol. The lowest BCUT2D eigenvalue weighted by molar-refractivity contribution is 0.0960. The van der Waals surface area contributed by atoms with E-state index in [1.54, 1.807) is 24.3 Å². The van der Waals surface area contributed by atoms with Gasteiger partial charge in [0.15, 0.2) is 10.9 Å². The summed E-state index contributed by atoms with van der Waals surface area (Å²) in [6.45, 7) is 0.277. The molecule has 6 nitrogen and oxygen atoms in total. The number of carbonyl (C=O) groups is 1. The Morgan fingerprint density at radius 3 is 2.77 bits per heavy atom. The van der Waals surface area contributed by atoms with E-state index in [-0.39, 0.29) is 18.2 Å². The number of carbonyl (C=O) groups excluding carboxylic acids is 1. The minimum atomic E-state index is -0.269. The summed E-state index contributed by atoms with van der Waals surface area (Å²) in [5.41, 5.74) is 2.15. The summed E-state index contributed by atoms with van der Waals surface area (Å²) >= 11 is 1.43. The van der Waals surface area contributed by atoms with E-state index >= 15 is 0 Å². The van der Waals surface area contributed by atoms with E-state index in [1.165, 1.54) is 11.3 Å². The van der Waals surface area contributed by atoms with Gasteiger partial charge in [0.2, 0.25) is 0 Å². The topological polar surface area (TPSA) is 68.5 Å². The lowest BCUT2D eigenvalue weighted by atomic mass is 10.2. The molecule has 0 saturated heterocycles. The number of fused-ring (bicyclic) bond motifs is 2. The Morgan fingerprint density at radius 1 is 1.10 bits per heavy atom. The quantitative estimate of drug-likeness (QED) is 0.390. The number of rotatable bonds is 5. The Bertz CT molecular complexity index is 1310. The molecule has 0 bridgehead atoms. The Labute approximate surface area is 176 Å². The minimum Gasteiger partial charge on any atom is -0.494 e. The van der Waals surface area contributed by atoms with Crippen LogP contribution in [-0.2, 0) is 6.54 Å². The van der Waals surface area contributed by atoms with Crippen molar-refractivity contribution >= 4 is 43.6 Å². The molecule has 0 N–H and O–H groups in total. The van der Waals surface area contributed by atoms with E-state index < -0.39 is 0 Å². The van der Waals surface area contributed by atoms with Crippen LogP contribution in [0.15, 0.2) is 77.3 Å². The number of ether oxygens (including phenoxy) is 1. The molecule has 30 heavy (non-hydrogen) atoms. The molecule has 3 aromatic heterocycles. The summed E-state index contributed by atoms with van der Waals surface area (Å²) in [5, 5.41) is 1.44. The van der Waals surface area contributed by atoms with Crippen LogP contribution in [0.3, 0.4) is 0 Å². The third-order valence-electron chi connectivity index (χ3n) is 4.75. The van der Waals surface area contributed by atoms with Gasteiger partial charge in [-0.3, -0.25) is 14.7 Å². The maximum Gasteiger partial charge on any atom is 0.296 e. The molecule has 3 heterocycles. The molecule has 1 amide bonds. The first kappa shape index (κ1) is 18.3. The maximum atomic E-state index is 13.5. The Hall–Kier alpha value is -3.71. The summed E-state index contributed by atoms with van der Waals surface area (Å²) in [6.07, 6.45) is 1.71. The highest BCUT2D eigenvalue weighted by Crippen LogP contribution is 2.35. The zero-order valence-electron chi connectivity index (χ0n) is 16.1. The molecular formula is C23H17N3O3S. The first-order chi connectivity index (χ1) is 14.7. The molecule has 7 heteroatoms. The second-order valence-electron chi connectivity index (χ2n) is 6.66. The smallest absolute Gasteiger partial charge is 0.296 e. The number of para-hydroxylation sites is 2. The summed E-state index contributed by atoms with van der Waals surface area (Å²) < 4.78 is 12.2. The van der Waals surface area contributed by atoms with Crippen LogP contribution in [0.1, 0.15) is 16.2 Å². The predicted octanol–water partition coefficient (Wildman–Crippen LogP) is 5.29. The SMILES string of the molecule is COc1cccc2sc(N(Cc3ccccn3)C(=O)c3cc4ccccc4o3)nc12. The van der Waals surface area contributed by atoms with Crippen LogP contribution < -0.4 is 9.64 Å². The normalized spacial score (nSPS) is 11.1. The van der Waals surface area contributed by atoms with Crippen molar-refractivity contribution in [3.63, 3.8) is 0 Å². The van der Waals surface area contributed by atoms with Gasteiger partial charge in [-0.1, -0.05) is 41.7 Å². The maximum absolute atomic E-state index is 13.5. The van der Waals surface area contributed by atoms with Crippen LogP contribution in [0.2, 0.25) is 0 Å². The number of amides is 1. The van der Waals surface area contributed by atoms with E-state index in [0.717, 1.165) is 21.3 Å².